The van der Waals surface area contributed by atoms with Crippen molar-refractivity contribution in [2.24, 2.45) is 5.73 Å². The molecule has 0 aliphatic carbocycles. The van der Waals surface area contributed by atoms with Gasteiger partial charge in [0.05, 0.1) is 4.92 Å². The Morgan fingerprint density at radius 3 is 2.74 bits per heavy atom. The van der Waals surface area contributed by atoms with E-state index in [0.29, 0.717) is 10.9 Å². The third-order valence-electron chi connectivity index (χ3n) is 2.54. The zero-order valence-corrected chi connectivity index (χ0v) is 9.70. The van der Waals surface area contributed by atoms with Gasteiger partial charge < -0.3 is 10.3 Å². The second kappa shape index (κ2) is 4.77. The summed E-state index contributed by atoms with van der Waals surface area (Å²) >= 11 is 0. The van der Waals surface area contributed by atoms with Gasteiger partial charge >= 0.3 is 6.03 Å². The summed E-state index contributed by atoms with van der Waals surface area (Å²) in [5.41, 5.74) is 5.05. The molecule has 2 aromatic rings. The molecule has 0 spiro atoms. The molecule has 2 rings (SSSR count). The van der Waals surface area contributed by atoms with Crippen molar-refractivity contribution in [3.8, 4) is 0 Å². The Morgan fingerprint density at radius 2 is 2.11 bits per heavy atom. The van der Waals surface area contributed by atoms with Crippen molar-refractivity contribution in [1.82, 2.24) is 9.88 Å². The molecular formula is C11H10N4O4. The average Bonchev–Trinajstić information content (AvgIpc) is 2.71. The molecule has 3 N–H and O–H groups in total. The van der Waals surface area contributed by atoms with E-state index in [1.54, 1.807) is 18.2 Å². The van der Waals surface area contributed by atoms with Gasteiger partial charge in [-0.3, -0.25) is 20.2 Å². The minimum Gasteiger partial charge on any atom is -0.351 e. The van der Waals surface area contributed by atoms with Crippen molar-refractivity contribution >= 4 is 28.5 Å². The number of para-hydroxylation sites is 1. The molecule has 1 aromatic heterocycles. The van der Waals surface area contributed by atoms with Crippen LogP contribution in [0.15, 0.2) is 30.5 Å². The number of imide groups is 1. The maximum absolute atomic E-state index is 11.4. The first-order chi connectivity index (χ1) is 8.99. The number of nitro benzene ring substituents is 1. The summed E-state index contributed by atoms with van der Waals surface area (Å²) in [7, 11) is 0. The van der Waals surface area contributed by atoms with E-state index in [1.807, 2.05) is 5.32 Å². The van der Waals surface area contributed by atoms with E-state index < -0.39 is 16.9 Å². The molecule has 8 nitrogen and oxygen atoms in total. The van der Waals surface area contributed by atoms with Gasteiger partial charge in [-0.25, -0.2) is 4.79 Å². The molecule has 8 heteroatoms. The molecule has 0 aliphatic heterocycles. The van der Waals surface area contributed by atoms with Gasteiger partial charge in [0, 0.05) is 17.6 Å². The van der Waals surface area contributed by atoms with E-state index >= 15 is 0 Å². The number of benzene rings is 1. The number of fused-ring (bicyclic) bond motifs is 1. The second-order valence-corrected chi connectivity index (χ2v) is 3.83. The lowest BCUT2D eigenvalue weighted by molar-refractivity contribution is -0.383. The van der Waals surface area contributed by atoms with Crippen LogP contribution < -0.4 is 11.1 Å². The van der Waals surface area contributed by atoms with Crippen molar-refractivity contribution in [3.63, 3.8) is 0 Å². The molecule has 1 aromatic carbocycles. The number of urea groups is 1. The van der Waals surface area contributed by atoms with Crippen LogP contribution in [0, 0.1) is 10.1 Å². The van der Waals surface area contributed by atoms with Gasteiger partial charge in [-0.15, -0.1) is 0 Å². The van der Waals surface area contributed by atoms with Gasteiger partial charge in [-0.1, -0.05) is 12.1 Å². The molecule has 98 valence electrons. The molecular weight excluding hydrogens is 252 g/mol. The molecule has 0 bridgehead atoms. The van der Waals surface area contributed by atoms with Crippen molar-refractivity contribution in [3.05, 3.63) is 40.6 Å². The Hall–Kier alpha value is -2.90. The van der Waals surface area contributed by atoms with Gasteiger partial charge in [0.2, 0.25) is 5.91 Å². The maximum Gasteiger partial charge on any atom is 0.318 e. The molecule has 0 radical (unpaired) electrons. The third kappa shape index (κ3) is 2.51. The lowest BCUT2D eigenvalue weighted by atomic mass is 10.2. The van der Waals surface area contributed by atoms with Crippen LogP contribution in [0.5, 0.6) is 0 Å². The first kappa shape index (κ1) is 12.6. The molecule has 0 fully saturated rings. The molecule has 0 aliphatic rings. The number of nitrogens with zero attached hydrogens (tertiary/aromatic N) is 2. The SMILES string of the molecule is NC(=O)NC(=O)Cn1ccc2cccc([N+](=O)[O-])c21. The number of nitro groups is 1. The first-order valence-corrected chi connectivity index (χ1v) is 5.30. The third-order valence-corrected chi connectivity index (χ3v) is 2.54. The number of hydrogen-bond acceptors (Lipinski definition) is 4. The summed E-state index contributed by atoms with van der Waals surface area (Å²) in [6.45, 7) is -0.225. The molecule has 19 heavy (non-hydrogen) atoms. The van der Waals surface area contributed by atoms with Gasteiger partial charge in [0.1, 0.15) is 12.1 Å². The molecule has 3 amide bonds. The number of non-ortho nitro benzene ring substituents is 1. The van der Waals surface area contributed by atoms with Crippen LogP contribution in [-0.4, -0.2) is 21.4 Å². The number of carbonyl (C=O) groups excluding carboxylic acids is 2. The lowest BCUT2D eigenvalue weighted by Crippen LogP contribution is -2.37. The minimum atomic E-state index is -0.962. The van der Waals surface area contributed by atoms with Crippen LogP contribution in [0.2, 0.25) is 0 Å². The van der Waals surface area contributed by atoms with Gasteiger partial charge in [0.25, 0.3) is 5.69 Å². The summed E-state index contributed by atoms with van der Waals surface area (Å²) in [5.74, 6) is -0.636. The van der Waals surface area contributed by atoms with Crippen molar-refractivity contribution in [2.75, 3.05) is 0 Å². The lowest BCUT2D eigenvalue weighted by Gasteiger charge is -2.05. The highest BCUT2D eigenvalue weighted by molar-refractivity contribution is 5.95. The predicted molar refractivity (Wildman–Crippen MR) is 66.3 cm³/mol. The molecule has 0 saturated heterocycles. The largest absolute Gasteiger partial charge is 0.351 e. The summed E-state index contributed by atoms with van der Waals surface area (Å²) < 4.78 is 1.39. The predicted octanol–water partition coefficient (Wildman–Crippen LogP) is 0.744. The molecule has 0 saturated carbocycles. The molecule has 0 unspecified atom stereocenters. The zero-order valence-electron chi connectivity index (χ0n) is 9.70. The Labute approximate surface area is 106 Å². The zero-order chi connectivity index (χ0) is 14.0. The van der Waals surface area contributed by atoms with Crippen molar-refractivity contribution in [2.45, 2.75) is 6.54 Å². The maximum atomic E-state index is 11.4. The van der Waals surface area contributed by atoms with Crippen LogP contribution >= 0.6 is 0 Å². The Balaban J connectivity index is 2.41. The standard InChI is InChI=1S/C11H10N4O4/c12-11(17)13-9(16)6-14-5-4-7-2-1-3-8(10(7)14)15(18)19/h1-5H,6H2,(H3,12,13,16,17). The summed E-state index contributed by atoms with van der Waals surface area (Å²) in [6, 6.07) is 5.31. The fourth-order valence-electron chi connectivity index (χ4n) is 1.85. The number of hydrogen-bond donors (Lipinski definition) is 2. The number of aromatic nitrogens is 1. The van der Waals surface area contributed by atoms with Crippen molar-refractivity contribution in [1.29, 1.82) is 0 Å². The highest BCUT2D eigenvalue weighted by Gasteiger charge is 2.16. The van der Waals surface area contributed by atoms with Crippen LogP contribution in [0.25, 0.3) is 10.9 Å². The van der Waals surface area contributed by atoms with E-state index in [-0.39, 0.29) is 12.2 Å². The van der Waals surface area contributed by atoms with Crippen LogP contribution in [-0.2, 0) is 11.3 Å². The van der Waals surface area contributed by atoms with E-state index in [1.165, 1.54) is 16.8 Å². The van der Waals surface area contributed by atoms with E-state index in [0.717, 1.165) is 0 Å². The van der Waals surface area contributed by atoms with Gasteiger partial charge in [-0.2, -0.15) is 0 Å². The van der Waals surface area contributed by atoms with E-state index in [9.17, 15) is 19.7 Å². The van der Waals surface area contributed by atoms with E-state index in [4.69, 9.17) is 5.73 Å². The van der Waals surface area contributed by atoms with Crippen LogP contribution in [0.1, 0.15) is 0 Å². The fraction of sp³-hybridized carbons (Fsp3) is 0.0909. The quantitative estimate of drug-likeness (QED) is 0.626. The number of nitrogens with two attached hydrogens (primary N) is 1. The molecule has 1 heterocycles. The smallest absolute Gasteiger partial charge is 0.318 e. The van der Waals surface area contributed by atoms with Crippen molar-refractivity contribution < 1.29 is 14.5 Å². The monoisotopic (exact) mass is 262 g/mol. The van der Waals surface area contributed by atoms with E-state index in [2.05, 4.69) is 0 Å². The minimum absolute atomic E-state index is 0.102. The van der Waals surface area contributed by atoms with Gasteiger partial charge in [-0.05, 0) is 6.07 Å². The number of nitrogens with one attached hydrogen (secondary N) is 1. The number of amides is 3. The Bertz CT molecular complexity index is 676. The average molecular weight is 262 g/mol. The Morgan fingerprint density at radius 1 is 1.37 bits per heavy atom. The fourth-order valence-corrected chi connectivity index (χ4v) is 1.85. The van der Waals surface area contributed by atoms with Crippen LogP contribution in [0.3, 0.4) is 0 Å². The highest BCUT2D eigenvalue weighted by atomic mass is 16.6. The normalized spacial score (nSPS) is 10.3. The topological polar surface area (TPSA) is 120 Å². The summed E-state index contributed by atoms with van der Waals surface area (Å²) in [5, 5.41) is 13.5. The van der Waals surface area contributed by atoms with Crippen LogP contribution in [0.4, 0.5) is 10.5 Å². The number of rotatable bonds is 3. The summed E-state index contributed by atoms with van der Waals surface area (Å²) in [6.07, 6.45) is 1.54. The first-order valence-electron chi connectivity index (χ1n) is 5.30. The van der Waals surface area contributed by atoms with Gasteiger partial charge in [0.15, 0.2) is 0 Å². The highest BCUT2D eigenvalue weighted by Crippen LogP contribution is 2.26. The number of primary amides is 1. The summed E-state index contributed by atoms with van der Waals surface area (Å²) in [4.78, 5) is 32.4. The molecule has 0 atom stereocenters. The number of carbonyl (C=O) groups is 2. The Kier molecular flexibility index (Phi) is 3.15. The second-order valence-electron chi connectivity index (χ2n) is 3.83.